The van der Waals surface area contributed by atoms with Crippen molar-refractivity contribution in [3.63, 3.8) is 0 Å². The van der Waals surface area contributed by atoms with Crippen molar-refractivity contribution in [3.05, 3.63) is 94.3 Å². The summed E-state index contributed by atoms with van der Waals surface area (Å²) in [5.41, 5.74) is 2.40. The van der Waals surface area contributed by atoms with Gasteiger partial charge in [-0.05, 0) is 47.9 Å². The molecule has 1 saturated heterocycles. The van der Waals surface area contributed by atoms with E-state index in [1.807, 2.05) is 30.3 Å². The third kappa shape index (κ3) is 5.49. The maximum absolute atomic E-state index is 13.1. The number of benzene rings is 3. The average Bonchev–Trinajstić information content (AvgIpc) is 3.07. The van der Waals surface area contributed by atoms with Crippen molar-refractivity contribution < 1.29 is 23.5 Å². The molecule has 0 spiro atoms. The molecule has 1 aliphatic heterocycles. The zero-order chi connectivity index (χ0) is 23.4. The third-order valence-corrected chi connectivity index (χ3v) is 6.69. The first-order chi connectivity index (χ1) is 15.9. The van der Waals surface area contributed by atoms with Crippen LogP contribution in [0.25, 0.3) is 0 Å². The molecule has 5 nitrogen and oxygen atoms in total. The zero-order valence-electron chi connectivity index (χ0n) is 17.8. The summed E-state index contributed by atoms with van der Waals surface area (Å²) in [5.74, 6) is 0.468. The number of thioether (sulfide) groups is 1. The number of methoxy groups -OCH3 is 1. The Hall–Kier alpha value is -3.03. The minimum Gasteiger partial charge on any atom is -0.493 e. The van der Waals surface area contributed by atoms with E-state index in [4.69, 9.17) is 21.1 Å². The van der Waals surface area contributed by atoms with Gasteiger partial charge in [-0.3, -0.25) is 14.5 Å². The highest BCUT2D eigenvalue weighted by Gasteiger charge is 2.39. The highest BCUT2D eigenvalue weighted by Crippen LogP contribution is 2.34. The van der Waals surface area contributed by atoms with Crippen molar-refractivity contribution in [2.24, 2.45) is 0 Å². The lowest BCUT2D eigenvalue weighted by atomic mass is 10.1. The van der Waals surface area contributed by atoms with E-state index >= 15 is 0 Å². The summed E-state index contributed by atoms with van der Waals surface area (Å²) >= 11 is 7.19. The van der Waals surface area contributed by atoms with Gasteiger partial charge in [-0.25, -0.2) is 4.39 Å². The number of hydrogen-bond donors (Lipinski definition) is 0. The lowest BCUT2D eigenvalue weighted by Crippen LogP contribution is -2.31. The topological polar surface area (TPSA) is 55.8 Å². The molecule has 0 N–H and O–H groups in total. The monoisotopic (exact) mass is 485 g/mol. The third-order valence-electron chi connectivity index (χ3n) is 5.25. The van der Waals surface area contributed by atoms with Crippen LogP contribution in [-0.4, -0.2) is 28.4 Å². The maximum atomic E-state index is 13.1. The quantitative estimate of drug-likeness (QED) is 0.399. The van der Waals surface area contributed by atoms with Gasteiger partial charge in [0.1, 0.15) is 12.4 Å². The molecule has 1 heterocycles. The highest BCUT2D eigenvalue weighted by molar-refractivity contribution is 8.15. The molecule has 170 valence electrons. The standard InChI is InChI=1S/C25H21ClFNO4S/c1-31-22-12-17(8-11-21(22)32-15-18-4-2-3-5-20(18)26)13-23-24(29)28(25(30)33-23)14-16-6-9-19(27)10-7-16/h2-12,23H,13-15H2,1H3/t23-/m1/s1. The van der Waals surface area contributed by atoms with Gasteiger partial charge in [0.2, 0.25) is 5.91 Å². The van der Waals surface area contributed by atoms with E-state index in [0.717, 1.165) is 22.9 Å². The fourth-order valence-corrected chi connectivity index (χ4v) is 4.71. The van der Waals surface area contributed by atoms with E-state index in [9.17, 15) is 14.0 Å². The smallest absolute Gasteiger partial charge is 0.289 e. The van der Waals surface area contributed by atoms with Crippen LogP contribution in [0, 0.1) is 5.82 Å². The van der Waals surface area contributed by atoms with Crippen LogP contribution in [0.3, 0.4) is 0 Å². The number of imide groups is 1. The molecular weight excluding hydrogens is 465 g/mol. The minimum atomic E-state index is -0.530. The molecule has 3 aromatic rings. The van der Waals surface area contributed by atoms with E-state index < -0.39 is 5.25 Å². The molecule has 0 bridgehead atoms. The van der Waals surface area contributed by atoms with Crippen LogP contribution >= 0.6 is 23.4 Å². The number of halogens is 2. The molecule has 0 unspecified atom stereocenters. The van der Waals surface area contributed by atoms with Gasteiger partial charge in [0.05, 0.1) is 18.9 Å². The summed E-state index contributed by atoms with van der Waals surface area (Å²) in [6, 6.07) is 18.6. The van der Waals surface area contributed by atoms with Crippen LogP contribution in [-0.2, 0) is 24.4 Å². The SMILES string of the molecule is COc1cc(C[C@H]2SC(=O)N(Cc3ccc(F)cc3)C2=O)ccc1OCc1ccccc1Cl. The number of hydrogen-bond acceptors (Lipinski definition) is 5. The van der Waals surface area contributed by atoms with E-state index in [1.165, 1.54) is 17.0 Å². The van der Waals surface area contributed by atoms with Gasteiger partial charge in [0, 0.05) is 10.6 Å². The lowest BCUT2D eigenvalue weighted by molar-refractivity contribution is -0.127. The fraction of sp³-hybridized carbons (Fsp3) is 0.200. The van der Waals surface area contributed by atoms with Crippen molar-refractivity contribution in [1.82, 2.24) is 4.90 Å². The summed E-state index contributed by atoms with van der Waals surface area (Å²) < 4.78 is 24.5. The van der Waals surface area contributed by atoms with Gasteiger partial charge in [-0.1, -0.05) is 59.8 Å². The number of rotatable bonds is 8. The van der Waals surface area contributed by atoms with Gasteiger partial charge in [-0.2, -0.15) is 0 Å². The average molecular weight is 486 g/mol. The first kappa shape index (κ1) is 23.1. The van der Waals surface area contributed by atoms with Crippen molar-refractivity contribution >= 4 is 34.5 Å². The van der Waals surface area contributed by atoms with E-state index in [0.29, 0.717) is 35.1 Å². The Morgan fingerprint density at radius 3 is 2.45 bits per heavy atom. The van der Waals surface area contributed by atoms with E-state index in [2.05, 4.69) is 0 Å². The van der Waals surface area contributed by atoms with Gasteiger partial charge in [0.25, 0.3) is 5.24 Å². The van der Waals surface area contributed by atoms with Crippen LogP contribution in [0.15, 0.2) is 66.7 Å². The summed E-state index contributed by atoms with van der Waals surface area (Å²) in [6.45, 7) is 0.415. The Balaban J connectivity index is 1.42. The molecule has 0 aliphatic carbocycles. The molecular formula is C25H21ClFNO4S. The molecule has 4 rings (SSSR count). The number of amides is 2. The van der Waals surface area contributed by atoms with Crippen molar-refractivity contribution in [3.8, 4) is 11.5 Å². The Bertz CT molecular complexity index is 1170. The second-order valence-corrected chi connectivity index (χ2v) is 9.05. The number of carbonyl (C=O) groups is 2. The molecule has 33 heavy (non-hydrogen) atoms. The highest BCUT2D eigenvalue weighted by atomic mass is 35.5. The Labute approximate surface area is 200 Å². The zero-order valence-corrected chi connectivity index (χ0v) is 19.4. The molecule has 0 aromatic heterocycles. The van der Waals surface area contributed by atoms with E-state index in [1.54, 1.807) is 31.4 Å². The normalized spacial score (nSPS) is 15.7. The summed E-state index contributed by atoms with van der Waals surface area (Å²) in [6.07, 6.45) is 0.371. The first-order valence-corrected chi connectivity index (χ1v) is 11.5. The number of ether oxygens (including phenoxy) is 2. The van der Waals surface area contributed by atoms with Crippen LogP contribution in [0.4, 0.5) is 9.18 Å². The Morgan fingerprint density at radius 2 is 1.73 bits per heavy atom. The summed E-state index contributed by atoms with van der Waals surface area (Å²) in [7, 11) is 1.55. The van der Waals surface area contributed by atoms with Crippen molar-refractivity contribution in [1.29, 1.82) is 0 Å². The summed E-state index contributed by atoms with van der Waals surface area (Å²) in [4.78, 5) is 26.5. The van der Waals surface area contributed by atoms with Gasteiger partial charge in [0.15, 0.2) is 11.5 Å². The number of carbonyl (C=O) groups excluding carboxylic acids is 2. The second-order valence-electron chi connectivity index (χ2n) is 7.49. The molecule has 0 saturated carbocycles. The second kappa shape index (κ2) is 10.3. The summed E-state index contributed by atoms with van der Waals surface area (Å²) in [5, 5.41) is -0.210. The van der Waals surface area contributed by atoms with Crippen LogP contribution < -0.4 is 9.47 Å². The van der Waals surface area contributed by atoms with Gasteiger partial charge < -0.3 is 9.47 Å². The lowest BCUT2D eigenvalue weighted by Gasteiger charge is -2.15. The predicted octanol–water partition coefficient (Wildman–Crippen LogP) is 5.87. The Morgan fingerprint density at radius 1 is 1.00 bits per heavy atom. The van der Waals surface area contributed by atoms with Gasteiger partial charge >= 0.3 is 0 Å². The van der Waals surface area contributed by atoms with E-state index in [-0.39, 0.29) is 23.5 Å². The predicted molar refractivity (Wildman–Crippen MR) is 126 cm³/mol. The molecule has 1 fully saturated rings. The molecule has 1 atom stereocenters. The fourth-order valence-electron chi connectivity index (χ4n) is 3.49. The van der Waals surface area contributed by atoms with Gasteiger partial charge in [-0.15, -0.1) is 0 Å². The van der Waals surface area contributed by atoms with Crippen LogP contribution in [0.5, 0.6) is 11.5 Å². The first-order valence-electron chi connectivity index (χ1n) is 10.2. The molecule has 1 aliphatic rings. The molecule has 2 amide bonds. The Kier molecular flexibility index (Phi) is 7.20. The molecule has 0 radical (unpaired) electrons. The number of nitrogens with zero attached hydrogens (tertiary/aromatic N) is 1. The molecule has 3 aromatic carbocycles. The van der Waals surface area contributed by atoms with Crippen molar-refractivity contribution in [2.45, 2.75) is 24.8 Å². The van der Waals surface area contributed by atoms with Crippen LogP contribution in [0.1, 0.15) is 16.7 Å². The van der Waals surface area contributed by atoms with Crippen molar-refractivity contribution in [2.75, 3.05) is 7.11 Å². The largest absolute Gasteiger partial charge is 0.493 e. The maximum Gasteiger partial charge on any atom is 0.289 e. The molecule has 8 heteroatoms. The minimum absolute atomic E-state index is 0.125. The van der Waals surface area contributed by atoms with Crippen LogP contribution in [0.2, 0.25) is 5.02 Å².